The van der Waals surface area contributed by atoms with Crippen LogP contribution in [0.15, 0.2) is 42.0 Å². The number of hydrogen-bond donors (Lipinski definition) is 3. The Morgan fingerprint density at radius 1 is 1.18 bits per heavy atom. The predicted octanol–water partition coefficient (Wildman–Crippen LogP) is 3.34. The molecular weight excluding hydrogens is 437 g/mol. The molecule has 2 aromatic carbocycles. The lowest BCUT2D eigenvalue weighted by Crippen LogP contribution is -2.45. The Hall–Kier alpha value is -2.93. The standard InChI is InChI=1S/C24H25F3N2O4/c1-14-8-9-29(14)18-5-4-15-10-17(3-2-16(15)11-18)23(24(25,26)27)19(12-28)20(31)6-7-21(32)22(33)13-30/h2-5,10-11,14,21-22,30,32-33H,6-9,13H2,1H3/b23-19-. The third-order valence-corrected chi connectivity index (χ3v) is 5.99. The van der Waals surface area contributed by atoms with E-state index >= 15 is 0 Å². The maximum absolute atomic E-state index is 14.0. The van der Waals surface area contributed by atoms with Crippen LogP contribution in [0.2, 0.25) is 0 Å². The molecular formula is C24H25F3N2O4. The molecule has 3 N–H and O–H groups in total. The molecule has 0 amide bonds. The van der Waals surface area contributed by atoms with Crippen molar-refractivity contribution in [3.05, 3.63) is 47.5 Å². The third kappa shape index (κ3) is 5.36. The Kier molecular flexibility index (Phi) is 7.42. The van der Waals surface area contributed by atoms with E-state index in [1.54, 1.807) is 6.07 Å². The molecule has 1 heterocycles. The fraction of sp³-hybridized carbons (Fsp3) is 0.417. The van der Waals surface area contributed by atoms with Crippen molar-refractivity contribution in [3.8, 4) is 6.07 Å². The first-order valence-corrected chi connectivity index (χ1v) is 10.6. The number of fused-ring (bicyclic) bond motifs is 1. The number of alkyl halides is 3. The Labute approximate surface area is 189 Å². The molecule has 1 aliphatic heterocycles. The summed E-state index contributed by atoms with van der Waals surface area (Å²) in [6, 6.07) is 11.3. The van der Waals surface area contributed by atoms with Gasteiger partial charge in [0, 0.05) is 24.7 Å². The van der Waals surface area contributed by atoms with Crippen LogP contribution in [-0.2, 0) is 4.79 Å². The summed E-state index contributed by atoms with van der Waals surface area (Å²) in [6.45, 7) is 2.25. The summed E-state index contributed by atoms with van der Waals surface area (Å²) >= 11 is 0. The van der Waals surface area contributed by atoms with Crippen LogP contribution in [0.3, 0.4) is 0 Å². The first-order valence-electron chi connectivity index (χ1n) is 10.6. The van der Waals surface area contributed by atoms with Gasteiger partial charge in [0.1, 0.15) is 17.7 Å². The average molecular weight is 462 g/mol. The summed E-state index contributed by atoms with van der Waals surface area (Å²) in [4.78, 5) is 14.7. The topological polar surface area (TPSA) is 105 Å². The lowest BCUT2D eigenvalue weighted by atomic mass is 9.92. The SMILES string of the molecule is CC1CCN1c1ccc2cc(/C(=C(\C#N)C(=O)CCC(O)C(O)CO)C(F)(F)F)ccc2c1. The molecule has 33 heavy (non-hydrogen) atoms. The van der Waals surface area contributed by atoms with E-state index in [2.05, 4.69) is 11.8 Å². The number of nitriles is 1. The molecule has 3 atom stereocenters. The van der Waals surface area contributed by atoms with E-state index in [9.17, 15) is 33.4 Å². The van der Waals surface area contributed by atoms with Gasteiger partial charge in [-0.25, -0.2) is 0 Å². The van der Waals surface area contributed by atoms with Gasteiger partial charge in [-0.2, -0.15) is 18.4 Å². The van der Waals surface area contributed by atoms with Crippen LogP contribution < -0.4 is 4.90 Å². The second-order valence-electron chi connectivity index (χ2n) is 8.22. The molecule has 176 valence electrons. The number of hydrogen-bond acceptors (Lipinski definition) is 6. The van der Waals surface area contributed by atoms with Crippen molar-refractivity contribution in [2.24, 2.45) is 0 Å². The molecule has 0 spiro atoms. The molecule has 3 rings (SSSR count). The Morgan fingerprint density at radius 3 is 2.39 bits per heavy atom. The van der Waals surface area contributed by atoms with Crippen molar-refractivity contribution in [1.82, 2.24) is 0 Å². The lowest BCUT2D eigenvalue weighted by molar-refractivity contribution is -0.116. The number of anilines is 1. The van der Waals surface area contributed by atoms with E-state index in [1.165, 1.54) is 24.3 Å². The summed E-state index contributed by atoms with van der Waals surface area (Å²) < 4.78 is 41.9. The third-order valence-electron chi connectivity index (χ3n) is 5.99. The van der Waals surface area contributed by atoms with Crippen LogP contribution in [0, 0.1) is 11.3 Å². The van der Waals surface area contributed by atoms with Crippen molar-refractivity contribution in [2.45, 2.75) is 50.6 Å². The average Bonchev–Trinajstić information content (AvgIpc) is 2.77. The molecule has 1 fully saturated rings. The summed E-state index contributed by atoms with van der Waals surface area (Å²) in [5.74, 6) is -1.10. The number of nitrogens with zero attached hydrogens (tertiary/aromatic N) is 2. The predicted molar refractivity (Wildman–Crippen MR) is 117 cm³/mol. The fourth-order valence-electron chi connectivity index (χ4n) is 3.89. The van der Waals surface area contributed by atoms with Crippen molar-refractivity contribution in [3.63, 3.8) is 0 Å². The summed E-state index contributed by atoms with van der Waals surface area (Å²) in [7, 11) is 0. The number of Topliss-reactive ketones (excluding diaryl/α,β-unsaturated/α-hetero) is 1. The van der Waals surface area contributed by atoms with Gasteiger partial charge in [-0.15, -0.1) is 0 Å². The number of carbonyl (C=O) groups is 1. The van der Waals surface area contributed by atoms with Gasteiger partial charge in [0.25, 0.3) is 0 Å². The number of carbonyl (C=O) groups excluding carboxylic acids is 1. The Morgan fingerprint density at radius 2 is 1.85 bits per heavy atom. The minimum atomic E-state index is -4.97. The maximum atomic E-state index is 14.0. The molecule has 0 aromatic heterocycles. The second-order valence-corrected chi connectivity index (χ2v) is 8.22. The van der Waals surface area contributed by atoms with Crippen LogP contribution in [0.1, 0.15) is 31.7 Å². The highest BCUT2D eigenvalue weighted by atomic mass is 19.4. The molecule has 6 nitrogen and oxygen atoms in total. The molecule has 1 saturated heterocycles. The number of halogens is 3. The van der Waals surface area contributed by atoms with Gasteiger partial charge < -0.3 is 20.2 Å². The highest BCUT2D eigenvalue weighted by Crippen LogP contribution is 2.39. The zero-order valence-electron chi connectivity index (χ0n) is 18.0. The van der Waals surface area contributed by atoms with Crippen molar-refractivity contribution in [2.75, 3.05) is 18.1 Å². The lowest BCUT2D eigenvalue weighted by Gasteiger charge is -2.41. The van der Waals surface area contributed by atoms with Crippen molar-refractivity contribution < 1.29 is 33.3 Å². The minimum absolute atomic E-state index is 0.305. The van der Waals surface area contributed by atoms with E-state index in [0.29, 0.717) is 11.4 Å². The quantitative estimate of drug-likeness (QED) is 0.411. The van der Waals surface area contributed by atoms with E-state index in [-0.39, 0.29) is 5.56 Å². The number of aliphatic hydroxyl groups is 3. The first-order chi connectivity index (χ1) is 15.6. The fourth-order valence-corrected chi connectivity index (χ4v) is 3.89. The molecule has 9 heteroatoms. The Balaban J connectivity index is 1.96. The highest BCUT2D eigenvalue weighted by molar-refractivity contribution is 6.07. The maximum Gasteiger partial charge on any atom is 0.418 e. The Bertz CT molecular complexity index is 1110. The molecule has 0 bridgehead atoms. The summed E-state index contributed by atoms with van der Waals surface area (Å²) in [6.07, 6.45) is -7.91. The van der Waals surface area contributed by atoms with E-state index < -0.39 is 54.8 Å². The van der Waals surface area contributed by atoms with E-state index in [1.807, 2.05) is 12.1 Å². The normalized spacial score (nSPS) is 18.8. The highest BCUT2D eigenvalue weighted by Gasteiger charge is 2.39. The van der Waals surface area contributed by atoms with Crippen molar-refractivity contribution >= 4 is 27.8 Å². The molecule has 1 aliphatic rings. The zero-order valence-corrected chi connectivity index (χ0v) is 18.0. The van der Waals surface area contributed by atoms with Crippen LogP contribution in [0.5, 0.6) is 0 Å². The van der Waals surface area contributed by atoms with Gasteiger partial charge in [-0.1, -0.05) is 18.2 Å². The molecule has 0 saturated carbocycles. The minimum Gasteiger partial charge on any atom is -0.394 e. The van der Waals surface area contributed by atoms with Gasteiger partial charge in [0.05, 0.1) is 18.3 Å². The second kappa shape index (κ2) is 9.91. The van der Waals surface area contributed by atoms with Gasteiger partial charge in [-0.05, 0) is 54.3 Å². The van der Waals surface area contributed by atoms with Crippen LogP contribution >= 0.6 is 0 Å². The van der Waals surface area contributed by atoms with Crippen LogP contribution in [0.25, 0.3) is 16.3 Å². The van der Waals surface area contributed by atoms with Gasteiger partial charge >= 0.3 is 6.18 Å². The van der Waals surface area contributed by atoms with E-state index in [0.717, 1.165) is 24.0 Å². The number of ketones is 1. The molecule has 0 aliphatic carbocycles. The van der Waals surface area contributed by atoms with Gasteiger partial charge in [0.15, 0.2) is 5.78 Å². The van der Waals surface area contributed by atoms with Gasteiger partial charge in [0.2, 0.25) is 0 Å². The monoisotopic (exact) mass is 462 g/mol. The largest absolute Gasteiger partial charge is 0.418 e. The molecule has 0 radical (unpaired) electrons. The van der Waals surface area contributed by atoms with Crippen LogP contribution in [-0.4, -0.2) is 58.7 Å². The number of aliphatic hydroxyl groups excluding tert-OH is 3. The molecule has 3 unspecified atom stereocenters. The van der Waals surface area contributed by atoms with Crippen LogP contribution in [0.4, 0.5) is 18.9 Å². The first kappa shape index (κ1) is 24.7. The van der Waals surface area contributed by atoms with E-state index in [4.69, 9.17) is 5.11 Å². The van der Waals surface area contributed by atoms with Crippen molar-refractivity contribution in [1.29, 1.82) is 5.26 Å². The number of rotatable bonds is 8. The van der Waals surface area contributed by atoms with Gasteiger partial charge in [-0.3, -0.25) is 4.79 Å². The zero-order chi connectivity index (χ0) is 24.3. The number of allylic oxidation sites excluding steroid dienone is 2. The molecule has 2 aromatic rings. The summed E-state index contributed by atoms with van der Waals surface area (Å²) in [5.41, 5.74) is -1.72. The smallest absolute Gasteiger partial charge is 0.394 e. The summed E-state index contributed by atoms with van der Waals surface area (Å²) in [5, 5.41) is 38.5. The number of benzene rings is 2.